The third-order valence-electron chi connectivity index (χ3n) is 3.67. The molecule has 1 heterocycles. The fraction of sp³-hybridized carbons (Fsp3) is 0.200. The van der Waals surface area contributed by atoms with Crippen LogP contribution in [-0.2, 0) is 6.54 Å². The Bertz CT molecular complexity index is 669. The zero-order valence-corrected chi connectivity index (χ0v) is 10.7. The molecule has 0 saturated heterocycles. The summed E-state index contributed by atoms with van der Waals surface area (Å²) in [5.74, 6) is -0.393. The molecule has 0 fully saturated rings. The Morgan fingerprint density at radius 1 is 0.900 bits per heavy atom. The first-order valence-electron chi connectivity index (χ1n) is 6.33. The van der Waals surface area contributed by atoms with Crippen LogP contribution in [0.3, 0.4) is 0 Å². The number of nitrogens with one attached hydrogen (secondary N) is 1. The molecule has 0 bridgehead atoms. The van der Waals surface area contributed by atoms with E-state index in [2.05, 4.69) is 5.32 Å². The van der Waals surface area contributed by atoms with Crippen molar-refractivity contribution in [2.24, 2.45) is 0 Å². The number of phenols is 4. The van der Waals surface area contributed by atoms with E-state index >= 15 is 0 Å². The van der Waals surface area contributed by atoms with Crippen LogP contribution >= 0.6 is 0 Å². The second-order valence-electron chi connectivity index (χ2n) is 4.96. The van der Waals surface area contributed by atoms with E-state index in [9.17, 15) is 20.4 Å². The van der Waals surface area contributed by atoms with Crippen molar-refractivity contribution < 1.29 is 20.4 Å². The fourth-order valence-electron chi connectivity index (χ4n) is 2.67. The summed E-state index contributed by atoms with van der Waals surface area (Å²) in [5.41, 5.74) is 2.37. The Morgan fingerprint density at radius 2 is 1.70 bits per heavy atom. The third-order valence-corrected chi connectivity index (χ3v) is 3.67. The lowest BCUT2D eigenvalue weighted by Crippen LogP contribution is -2.28. The van der Waals surface area contributed by atoms with Crippen molar-refractivity contribution in [3.05, 3.63) is 47.0 Å². The highest BCUT2D eigenvalue weighted by atomic mass is 16.3. The minimum atomic E-state index is -0.181. The van der Waals surface area contributed by atoms with Gasteiger partial charge >= 0.3 is 0 Å². The average Bonchev–Trinajstić information content (AvgIpc) is 2.41. The molecular formula is C15H15NO4. The van der Waals surface area contributed by atoms with E-state index in [1.54, 1.807) is 12.1 Å². The van der Waals surface area contributed by atoms with Gasteiger partial charge in [-0.3, -0.25) is 0 Å². The van der Waals surface area contributed by atoms with Gasteiger partial charge in [0.2, 0.25) is 0 Å². The van der Waals surface area contributed by atoms with Crippen LogP contribution in [0.2, 0.25) is 0 Å². The Morgan fingerprint density at radius 3 is 2.45 bits per heavy atom. The molecule has 5 heteroatoms. The number of fused-ring (bicyclic) bond motifs is 1. The van der Waals surface area contributed by atoms with Gasteiger partial charge in [-0.2, -0.15) is 0 Å². The highest BCUT2D eigenvalue weighted by molar-refractivity contribution is 5.52. The van der Waals surface area contributed by atoms with Gasteiger partial charge in [0, 0.05) is 30.6 Å². The molecule has 0 spiro atoms. The van der Waals surface area contributed by atoms with E-state index < -0.39 is 0 Å². The second-order valence-corrected chi connectivity index (χ2v) is 4.96. The van der Waals surface area contributed by atoms with Crippen LogP contribution < -0.4 is 5.32 Å². The van der Waals surface area contributed by atoms with Crippen LogP contribution in [0, 0.1) is 0 Å². The number of hydrogen-bond donors (Lipinski definition) is 5. The van der Waals surface area contributed by atoms with Crippen molar-refractivity contribution in [3.8, 4) is 23.0 Å². The van der Waals surface area contributed by atoms with Gasteiger partial charge in [-0.15, -0.1) is 0 Å². The summed E-state index contributed by atoms with van der Waals surface area (Å²) in [7, 11) is 0. The zero-order chi connectivity index (χ0) is 14.3. The van der Waals surface area contributed by atoms with Crippen LogP contribution in [0.25, 0.3) is 0 Å². The third kappa shape index (κ3) is 2.02. The van der Waals surface area contributed by atoms with Crippen LogP contribution in [-0.4, -0.2) is 27.0 Å². The zero-order valence-electron chi connectivity index (χ0n) is 10.7. The molecule has 3 rings (SSSR count). The maximum absolute atomic E-state index is 9.91. The highest BCUT2D eigenvalue weighted by Crippen LogP contribution is 2.39. The average molecular weight is 273 g/mol. The molecule has 5 N–H and O–H groups in total. The van der Waals surface area contributed by atoms with Gasteiger partial charge < -0.3 is 25.7 Å². The first kappa shape index (κ1) is 12.6. The minimum Gasteiger partial charge on any atom is -0.508 e. The van der Waals surface area contributed by atoms with E-state index in [1.165, 1.54) is 18.2 Å². The Balaban J connectivity index is 2.11. The van der Waals surface area contributed by atoms with E-state index in [0.29, 0.717) is 13.1 Å². The van der Waals surface area contributed by atoms with Gasteiger partial charge in [-0.1, -0.05) is 6.07 Å². The Labute approximate surface area is 115 Å². The molecule has 0 amide bonds. The largest absolute Gasteiger partial charge is 0.508 e. The van der Waals surface area contributed by atoms with Crippen molar-refractivity contribution in [1.29, 1.82) is 0 Å². The maximum atomic E-state index is 9.91. The first-order chi connectivity index (χ1) is 9.56. The highest BCUT2D eigenvalue weighted by Gasteiger charge is 2.25. The number of benzene rings is 2. The number of hydrogen-bond acceptors (Lipinski definition) is 5. The number of aromatic hydroxyl groups is 4. The van der Waals surface area contributed by atoms with Gasteiger partial charge in [0.25, 0.3) is 0 Å². The lowest BCUT2D eigenvalue weighted by molar-refractivity contribution is 0.402. The first-order valence-corrected chi connectivity index (χ1v) is 6.33. The smallest absolute Gasteiger partial charge is 0.157 e. The molecule has 1 unspecified atom stereocenters. The summed E-state index contributed by atoms with van der Waals surface area (Å²) < 4.78 is 0. The molecular weight excluding hydrogens is 258 g/mol. The van der Waals surface area contributed by atoms with Crippen molar-refractivity contribution in [1.82, 2.24) is 5.32 Å². The summed E-state index contributed by atoms with van der Waals surface area (Å²) >= 11 is 0. The molecule has 0 radical (unpaired) electrons. The second kappa shape index (κ2) is 4.61. The molecule has 2 aromatic rings. The molecule has 5 nitrogen and oxygen atoms in total. The van der Waals surface area contributed by atoms with E-state index in [1.807, 2.05) is 0 Å². The number of rotatable bonds is 1. The van der Waals surface area contributed by atoms with Crippen LogP contribution in [0.15, 0.2) is 30.3 Å². The van der Waals surface area contributed by atoms with Crippen molar-refractivity contribution in [3.63, 3.8) is 0 Å². The summed E-state index contributed by atoms with van der Waals surface area (Å²) in [5, 5.41) is 41.8. The predicted molar refractivity (Wildman–Crippen MR) is 73.1 cm³/mol. The SMILES string of the molecule is Oc1cc(O)c2c(c1)C(c1ccc(O)c(O)c1)CNC2. The molecule has 20 heavy (non-hydrogen) atoms. The Hall–Kier alpha value is -2.40. The van der Waals surface area contributed by atoms with Crippen LogP contribution in [0.4, 0.5) is 0 Å². The molecule has 0 saturated carbocycles. The van der Waals surface area contributed by atoms with Gasteiger partial charge in [-0.25, -0.2) is 0 Å². The quantitative estimate of drug-likeness (QED) is 0.510. The maximum Gasteiger partial charge on any atom is 0.157 e. The van der Waals surface area contributed by atoms with Gasteiger partial charge in [0.05, 0.1) is 0 Å². The summed E-state index contributed by atoms with van der Waals surface area (Å²) in [4.78, 5) is 0. The monoisotopic (exact) mass is 273 g/mol. The van der Waals surface area contributed by atoms with E-state index in [-0.39, 0.29) is 28.9 Å². The van der Waals surface area contributed by atoms with Crippen LogP contribution in [0.5, 0.6) is 23.0 Å². The topological polar surface area (TPSA) is 93.0 Å². The van der Waals surface area contributed by atoms with Crippen molar-refractivity contribution in [2.75, 3.05) is 6.54 Å². The molecule has 2 aromatic carbocycles. The van der Waals surface area contributed by atoms with Gasteiger partial charge in [-0.05, 0) is 29.3 Å². The summed E-state index contributed by atoms with van der Waals surface area (Å²) in [6, 6.07) is 7.60. The molecule has 1 atom stereocenters. The minimum absolute atomic E-state index is 0.0103. The van der Waals surface area contributed by atoms with Crippen molar-refractivity contribution >= 4 is 0 Å². The fourth-order valence-corrected chi connectivity index (χ4v) is 2.67. The van der Waals surface area contributed by atoms with E-state index in [0.717, 1.165) is 16.7 Å². The van der Waals surface area contributed by atoms with Gasteiger partial charge in [0.1, 0.15) is 11.5 Å². The normalized spacial score (nSPS) is 17.7. The molecule has 1 aliphatic heterocycles. The molecule has 0 aromatic heterocycles. The Kier molecular flexibility index (Phi) is 2.91. The number of phenolic OH excluding ortho intramolecular Hbond substituents is 4. The van der Waals surface area contributed by atoms with E-state index in [4.69, 9.17) is 0 Å². The van der Waals surface area contributed by atoms with Gasteiger partial charge in [0.15, 0.2) is 11.5 Å². The van der Waals surface area contributed by atoms with Crippen molar-refractivity contribution in [2.45, 2.75) is 12.5 Å². The molecule has 104 valence electrons. The lowest BCUT2D eigenvalue weighted by Gasteiger charge is -2.27. The lowest BCUT2D eigenvalue weighted by atomic mass is 9.85. The predicted octanol–water partition coefficient (Wildman–Crippen LogP) is 1.74. The molecule has 1 aliphatic rings. The summed E-state index contributed by atoms with van der Waals surface area (Å²) in [6.07, 6.45) is 0. The standard InChI is InChI=1S/C15H15NO4/c17-9-4-10-11(6-16-7-12(10)14(19)5-9)8-1-2-13(18)15(20)3-8/h1-5,11,16-20H,6-7H2. The molecule has 0 aliphatic carbocycles. The summed E-state index contributed by atoms with van der Waals surface area (Å²) in [6.45, 7) is 1.15. The van der Waals surface area contributed by atoms with Crippen LogP contribution in [0.1, 0.15) is 22.6 Å².